The van der Waals surface area contributed by atoms with Crippen molar-refractivity contribution < 1.29 is 88.3 Å². The minimum Gasteiger partial charge on any atom is -0.336 e. The van der Waals surface area contributed by atoms with Crippen molar-refractivity contribution in [1.29, 1.82) is 0 Å². The quantitative estimate of drug-likeness (QED) is 0.0604. The summed E-state index contributed by atoms with van der Waals surface area (Å²) in [5.41, 5.74) is -12.6. The molecule has 0 aliphatic heterocycles. The van der Waals surface area contributed by atoms with Crippen molar-refractivity contribution in [2.75, 3.05) is 14.1 Å². The molecule has 24 heteroatoms. The summed E-state index contributed by atoms with van der Waals surface area (Å²) in [7, 11) is 4.32. The van der Waals surface area contributed by atoms with E-state index >= 15 is 43.9 Å². The van der Waals surface area contributed by atoms with Crippen LogP contribution in [0, 0.1) is 111 Å². The Morgan fingerprint density at radius 1 is 0.397 bits per heavy atom. The van der Waals surface area contributed by atoms with Crippen molar-refractivity contribution >= 4 is 62.0 Å². The summed E-state index contributed by atoms with van der Waals surface area (Å²) in [5.74, 6) is -66.0. The van der Waals surface area contributed by atoms with Gasteiger partial charge in [0.2, 0.25) is 0 Å². The molecular formula is C34H17BCl2F19NSi. The minimum absolute atomic E-state index is 0.465. The predicted octanol–water partition coefficient (Wildman–Crippen LogP) is 6.79. The van der Waals surface area contributed by atoms with Gasteiger partial charge in [-0.25, -0.2) is 83.4 Å². The highest BCUT2D eigenvalue weighted by atomic mass is 35.7. The molecule has 0 bridgehead atoms. The molecule has 5 aromatic carbocycles. The van der Waals surface area contributed by atoms with Crippen LogP contribution in [0.25, 0.3) is 0 Å². The molecule has 0 amide bonds. The van der Waals surface area contributed by atoms with Crippen LogP contribution >= 0.6 is 22.2 Å². The van der Waals surface area contributed by atoms with E-state index in [4.69, 9.17) is 22.2 Å². The molecule has 1 N–H and O–H groups in total. The van der Waals surface area contributed by atoms with Gasteiger partial charge in [0.15, 0.2) is 64.0 Å². The zero-order chi connectivity index (χ0) is 44.3. The lowest BCUT2D eigenvalue weighted by atomic mass is 9.12. The van der Waals surface area contributed by atoms with Crippen LogP contribution in [0.4, 0.5) is 83.4 Å². The first-order chi connectivity index (χ1) is 26.7. The fourth-order valence-corrected chi connectivity index (χ4v) is 8.28. The van der Waals surface area contributed by atoms with Gasteiger partial charge in [-0.3, -0.25) is 0 Å². The van der Waals surface area contributed by atoms with Crippen LogP contribution in [0.1, 0.15) is 5.56 Å². The van der Waals surface area contributed by atoms with E-state index < -0.39 is 150 Å². The van der Waals surface area contributed by atoms with Crippen molar-refractivity contribution in [3.05, 3.63) is 146 Å². The second-order valence-electron chi connectivity index (χ2n) is 12.6. The number of hydrogen-bond donors (Lipinski definition) is 1. The Bertz CT molecular complexity index is 2180. The molecule has 0 unspecified atom stereocenters. The highest BCUT2D eigenvalue weighted by Crippen LogP contribution is 2.31. The molecule has 0 saturated carbocycles. The Balaban J connectivity index is 0.000000648. The molecule has 1 nitrogen and oxygen atoms in total. The van der Waals surface area contributed by atoms with Crippen molar-refractivity contribution in [2.24, 2.45) is 0 Å². The predicted molar refractivity (Wildman–Crippen MR) is 175 cm³/mol. The molecule has 0 spiro atoms. The summed E-state index contributed by atoms with van der Waals surface area (Å²) in [6.07, 6.45) is -7.16. The van der Waals surface area contributed by atoms with Crippen LogP contribution in [-0.2, 0) is 6.54 Å². The Kier molecular flexibility index (Phi) is 13.3. The van der Waals surface area contributed by atoms with E-state index in [-0.39, 0.29) is 0 Å². The Labute approximate surface area is 323 Å². The smallest absolute Gasteiger partial charge is 0.283 e. The summed E-state index contributed by atoms with van der Waals surface area (Å²) >= 11 is 11.1. The third-order valence-electron chi connectivity index (χ3n) is 8.60. The molecule has 0 heterocycles. The maximum absolute atomic E-state index is 16.0. The Morgan fingerprint density at radius 2 is 0.621 bits per heavy atom. The van der Waals surface area contributed by atoms with Gasteiger partial charge in [0.25, 0.3) is 6.69 Å². The molecule has 0 aromatic heterocycles. The third kappa shape index (κ3) is 7.40. The number of nitrogens with one attached hydrogen (secondary N) is 1. The van der Waals surface area contributed by atoms with Crippen LogP contribution in [0.3, 0.4) is 0 Å². The minimum atomic E-state index is -7.16. The van der Waals surface area contributed by atoms with E-state index in [2.05, 4.69) is 44.4 Å². The summed E-state index contributed by atoms with van der Waals surface area (Å²) in [4.78, 5) is 1.46. The standard InChI is InChI=1S/C25H3BCl2F19Si.C9H13N/c1-48(27,28)25-23(46)12(35)5(13(36)24(25)47)26(2-6(29)14(37)20(43)15(38)7(2)30,3-8(31)16(39)21(44)17(40)9(3)32)4-10(33)18(41)22(45)19(42)11(4)34;1-10(2)8-9-6-4-3-5-7-9/h1H3;3-7H,8H2,1-2H3/q-1;/p+1. The number of benzene rings is 5. The number of halogens is 21. The van der Waals surface area contributed by atoms with E-state index in [1.54, 1.807) is 0 Å². The highest BCUT2D eigenvalue weighted by Gasteiger charge is 2.53. The largest absolute Gasteiger partial charge is 0.336 e. The molecule has 312 valence electrons. The molecule has 0 saturated heterocycles. The maximum atomic E-state index is 16.0. The number of quaternary nitrogens is 1. The van der Waals surface area contributed by atoms with Crippen LogP contribution in [-0.4, -0.2) is 26.9 Å². The van der Waals surface area contributed by atoms with E-state index in [0.29, 0.717) is 6.55 Å². The van der Waals surface area contributed by atoms with Crippen molar-refractivity contribution in [1.82, 2.24) is 0 Å². The first-order valence-corrected chi connectivity index (χ1v) is 20.0. The molecule has 0 atom stereocenters. The monoisotopic (exact) mass is 909 g/mol. The lowest BCUT2D eigenvalue weighted by molar-refractivity contribution is -0.872. The molecule has 58 heavy (non-hydrogen) atoms. The van der Waals surface area contributed by atoms with Gasteiger partial charge in [0, 0.05) is 10.8 Å². The molecular weight excluding hydrogens is 893 g/mol. The zero-order valence-electron chi connectivity index (χ0n) is 28.6. The lowest BCUT2D eigenvalue weighted by Crippen LogP contribution is -3.04. The normalized spacial score (nSPS) is 12.0. The van der Waals surface area contributed by atoms with Gasteiger partial charge < -0.3 is 4.90 Å². The van der Waals surface area contributed by atoms with Crippen LogP contribution in [0.5, 0.6) is 0 Å². The van der Waals surface area contributed by atoms with Gasteiger partial charge in [-0.15, -0.1) is 44.0 Å². The molecule has 0 aliphatic rings. The van der Waals surface area contributed by atoms with Gasteiger partial charge in [-0.2, -0.15) is 0 Å². The topological polar surface area (TPSA) is 4.44 Å². The highest BCUT2D eigenvalue weighted by molar-refractivity contribution is 7.50. The lowest BCUT2D eigenvalue weighted by Gasteiger charge is -2.45. The second kappa shape index (κ2) is 16.7. The summed E-state index contributed by atoms with van der Waals surface area (Å²) < 4.78 is 286. The molecule has 0 aliphatic carbocycles. The fourth-order valence-electron chi connectivity index (χ4n) is 6.29. The van der Waals surface area contributed by atoms with Gasteiger partial charge in [-0.1, -0.05) is 30.3 Å². The van der Waals surface area contributed by atoms with Gasteiger partial charge in [0.1, 0.15) is 59.2 Å². The van der Waals surface area contributed by atoms with E-state index in [1.165, 1.54) is 10.5 Å². The van der Waals surface area contributed by atoms with E-state index in [1.807, 2.05) is 0 Å². The van der Waals surface area contributed by atoms with E-state index in [0.717, 1.165) is 6.54 Å². The van der Waals surface area contributed by atoms with Gasteiger partial charge >= 0.3 is 0 Å². The third-order valence-corrected chi connectivity index (χ3v) is 11.1. The van der Waals surface area contributed by atoms with Gasteiger partial charge in [-0.05, 0) is 6.55 Å². The first-order valence-electron chi connectivity index (χ1n) is 15.5. The van der Waals surface area contributed by atoms with Crippen molar-refractivity contribution in [3.63, 3.8) is 0 Å². The van der Waals surface area contributed by atoms with Crippen molar-refractivity contribution in [2.45, 2.75) is 13.1 Å². The summed E-state index contributed by atoms with van der Waals surface area (Å²) in [6, 6.07) is 10.5. The molecule has 5 rings (SSSR count). The number of hydrogen-bond acceptors (Lipinski definition) is 0. The van der Waals surface area contributed by atoms with Crippen molar-refractivity contribution in [3.8, 4) is 0 Å². The first kappa shape index (κ1) is 46.3. The molecule has 0 radical (unpaired) electrons. The van der Waals surface area contributed by atoms with Crippen LogP contribution < -0.4 is 31.9 Å². The second-order valence-corrected chi connectivity index (χ2v) is 20.0. The van der Waals surface area contributed by atoms with Crippen LogP contribution in [0.2, 0.25) is 6.55 Å². The average molecular weight is 910 g/mol. The SMILES string of the molecule is C[NH+](C)Cc1ccccc1.C[Si](Cl)(Cl)c1c(F)c(F)c([B-](c2c(F)c(F)c(F)c(F)c2F)(c2c(F)c(F)c(F)c(F)c2F)c2c(F)c(F)c(F)c(F)c2F)c(F)c1F. The zero-order valence-corrected chi connectivity index (χ0v) is 31.1. The summed E-state index contributed by atoms with van der Waals surface area (Å²) in [5, 5.41) is -2.10. The molecule has 0 fully saturated rings. The Hall–Kier alpha value is -4.41. The van der Waals surface area contributed by atoms with Crippen LogP contribution in [0.15, 0.2) is 30.3 Å². The number of rotatable bonds is 7. The van der Waals surface area contributed by atoms with Gasteiger partial charge in [0.05, 0.1) is 14.1 Å². The average Bonchev–Trinajstić information content (AvgIpc) is 3.15. The van der Waals surface area contributed by atoms with E-state index in [9.17, 15) is 39.5 Å². The molecule has 5 aromatic rings. The Morgan fingerprint density at radius 3 is 0.845 bits per heavy atom. The maximum Gasteiger partial charge on any atom is 0.283 e. The fraction of sp³-hybridized carbons (Fsp3) is 0.118. The summed E-state index contributed by atoms with van der Waals surface area (Å²) in [6.45, 7) is -3.30.